The van der Waals surface area contributed by atoms with E-state index in [1.165, 1.54) is 29.5 Å². The summed E-state index contributed by atoms with van der Waals surface area (Å²) in [5.74, 6) is 0. The van der Waals surface area contributed by atoms with Crippen LogP contribution in [-0.4, -0.2) is 13.4 Å². The summed E-state index contributed by atoms with van der Waals surface area (Å²) in [6, 6.07) is 9.46. The van der Waals surface area contributed by atoms with Gasteiger partial charge in [0.25, 0.3) is 10.0 Å². The van der Waals surface area contributed by atoms with Gasteiger partial charge in [-0.2, -0.15) is 0 Å². The van der Waals surface area contributed by atoms with Crippen LogP contribution in [0.5, 0.6) is 0 Å². The molecule has 0 unspecified atom stereocenters. The van der Waals surface area contributed by atoms with Gasteiger partial charge in [0.15, 0.2) is 0 Å². The lowest BCUT2D eigenvalue weighted by Crippen LogP contribution is -2.13. The Labute approximate surface area is 141 Å². The monoisotopic (exact) mass is 372 g/mol. The van der Waals surface area contributed by atoms with E-state index < -0.39 is 10.0 Å². The average molecular weight is 373 g/mol. The molecule has 0 aliphatic heterocycles. The Bertz CT molecular complexity index is 968. The number of halogens is 2. The highest BCUT2D eigenvalue weighted by Gasteiger charge is 2.18. The number of thiazole rings is 1. The van der Waals surface area contributed by atoms with Crippen LogP contribution in [0.2, 0.25) is 10.0 Å². The molecule has 0 aliphatic carbocycles. The Hall–Kier alpha value is -1.34. The molecular weight excluding hydrogens is 363 g/mol. The number of anilines is 1. The van der Waals surface area contributed by atoms with Crippen molar-refractivity contribution < 1.29 is 8.42 Å². The molecular formula is C14H10Cl2N2O2S2. The van der Waals surface area contributed by atoms with Crippen molar-refractivity contribution in [2.24, 2.45) is 0 Å². The maximum Gasteiger partial charge on any atom is 0.263 e. The fraction of sp³-hybridized carbons (Fsp3) is 0.0714. The van der Waals surface area contributed by atoms with Crippen molar-refractivity contribution in [1.29, 1.82) is 0 Å². The first-order valence-corrected chi connectivity index (χ1v) is 9.26. The Morgan fingerprint density at radius 2 is 1.91 bits per heavy atom. The van der Waals surface area contributed by atoms with Crippen molar-refractivity contribution in [2.75, 3.05) is 4.72 Å². The van der Waals surface area contributed by atoms with Gasteiger partial charge in [-0.15, -0.1) is 11.3 Å². The van der Waals surface area contributed by atoms with Crippen LogP contribution in [0.3, 0.4) is 0 Å². The van der Waals surface area contributed by atoms with Gasteiger partial charge in [0.1, 0.15) is 4.90 Å². The van der Waals surface area contributed by atoms with Crippen LogP contribution in [0.4, 0.5) is 5.69 Å². The maximum absolute atomic E-state index is 12.4. The molecule has 1 N–H and O–H groups in total. The lowest BCUT2D eigenvalue weighted by molar-refractivity contribution is 0.601. The molecule has 0 aliphatic rings. The zero-order valence-corrected chi connectivity index (χ0v) is 14.4. The number of benzene rings is 2. The predicted molar refractivity (Wildman–Crippen MR) is 91.6 cm³/mol. The molecule has 1 aromatic heterocycles. The molecule has 0 atom stereocenters. The van der Waals surface area contributed by atoms with E-state index in [9.17, 15) is 8.42 Å². The van der Waals surface area contributed by atoms with Crippen LogP contribution in [0.1, 0.15) is 5.01 Å². The number of nitrogens with one attached hydrogen (secondary N) is 1. The minimum absolute atomic E-state index is 0.0147. The van der Waals surface area contributed by atoms with E-state index in [2.05, 4.69) is 9.71 Å². The second-order valence-corrected chi connectivity index (χ2v) is 8.32. The number of aromatic nitrogens is 1. The van der Waals surface area contributed by atoms with Gasteiger partial charge in [0.05, 0.1) is 25.9 Å². The van der Waals surface area contributed by atoms with Crippen LogP contribution in [0.15, 0.2) is 41.3 Å². The summed E-state index contributed by atoms with van der Waals surface area (Å²) in [5, 5.41) is 1.39. The van der Waals surface area contributed by atoms with Gasteiger partial charge in [-0.3, -0.25) is 4.72 Å². The highest BCUT2D eigenvalue weighted by Crippen LogP contribution is 2.29. The van der Waals surface area contributed by atoms with E-state index in [1.54, 1.807) is 18.2 Å². The average Bonchev–Trinajstić information content (AvgIpc) is 2.77. The van der Waals surface area contributed by atoms with Gasteiger partial charge in [0.2, 0.25) is 0 Å². The molecule has 3 rings (SSSR count). The van der Waals surface area contributed by atoms with Gasteiger partial charge in [-0.05, 0) is 43.3 Å². The second-order valence-electron chi connectivity index (χ2n) is 4.60. The third kappa shape index (κ3) is 3.05. The molecule has 0 amide bonds. The Morgan fingerprint density at radius 1 is 1.14 bits per heavy atom. The summed E-state index contributed by atoms with van der Waals surface area (Å²) >= 11 is 13.3. The number of aryl methyl sites for hydroxylation is 1. The lowest BCUT2D eigenvalue weighted by Gasteiger charge is -2.09. The molecule has 2 aromatic carbocycles. The van der Waals surface area contributed by atoms with E-state index in [0.717, 1.165) is 15.2 Å². The normalized spacial score (nSPS) is 11.8. The van der Waals surface area contributed by atoms with Crippen LogP contribution in [0, 0.1) is 6.92 Å². The van der Waals surface area contributed by atoms with Gasteiger partial charge in [-0.25, -0.2) is 13.4 Å². The maximum atomic E-state index is 12.4. The molecule has 4 nitrogen and oxygen atoms in total. The summed E-state index contributed by atoms with van der Waals surface area (Å²) < 4.78 is 28.3. The summed E-state index contributed by atoms with van der Waals surface area (Å²) in [6.07, 6.45) is 0. The predicted octanol–water partition coefficient (Wildman–Crippen LogP) is 4.71. The highest BCUT2D eigenvalue weighted by molar-refractivity contribution is 7.92. The molecule has 8 heteroatoms. The molecule has 0 saturated heterocycles. The molecule has 1 heterocycles. The summed E-state index contributed by atoms with van der Waals surface area (Å²) in [4.78, 5) is 4.32. The number of fused-ring (bicyclic) bond motifs is 1. The number of sulfonamides is 1. The largest absolute Gasteiger partial charge is 0.280 e. The molecule has 3 aromatic rings. The zero-order valence-electron chi connectivity index (χ0n) is 11.3. The number of hydrogen-bond acceptors (Lipinski definition) is 4. The minimum atomic E-state index is -3.78. The standard InChI is InChI=1S/C14H10Cl2N2O2S2/c1-8-17-12-4-3-10(7-13(12)21-8)18-22(19,20)14-5-2-9(15)6-11(14)16/h2-7,18H,1H3. The smallest absolute Gasteiger partial charge is 0.263 e. The van der Waals surface area contributed by atoms with Crippen molar-refractivity contribution in [3.63, 3.8) is 0 Å². The fourth-order valence-electron chi connectivity index (χ4n) is 2.01. The van der Waals surface area contributed by atoms with E-state index in [1.807, 2.05) is 6.92 Å². The second kappa shape index (κ2) is 5.70. The van der Waals surface area contributed by atoms with Crippen LogP contribution in [0.25, 0.3) is 10.2 Å². The topological polar surface area (TPSA) is 59.1 Å². The lowest BCUT2D eigenvalue weighted by atomic mass is 10.3. The van der Waals surface area contributed by atoms with Crippen molar-refractivity contribution >= 4 is 60.5 Å². The van der Waals surface area contributed by atoms with Crippen molar-refractivity contribution in [3.8, 4) is 0 Å². The van der Waals surface area contributed by atoms with Gasteiger partial charge < -0.3 is 0 Å². The quantitative estimate of drug-likeness (QED) is 0.723. The van der Waals surface area contributed by atoms with E-state index >= 15 is 0 Å². The van der Waals surface area contributed by atoms with E-state index in [4.69, 9.17) is 23.2 Å². The zero-order chi connectivity index (χ0) is 15.9. The van der Waals surface area contributed by atoms with Gasteiger partial charge in [-0.1, -0.05) is 23.2 Å². The first-order valence-electron chi connectivity index (χ1n) is 6.20. The Balaban J connectivity index is 1.98. The SMILES string of the molecule is Cc1nc2ccc(NS(=O)(=O)c3ccc(Cl)cc3Cl)cc2s1. The summed E-state index contributed by atoms with van der Waals surface area (Å²) in [7, 11) is -3.78. The van der Waals surface area contributed by atoms with Crippen molar-refractivity contribution in [2.45, 2.75) is 11.8 Å². The number of hydrogen-bond donors (Lipinski definition) is 1. The minimum Gasteiger partial charge on any atom is -0.280 e. The number of rotatable bonds is 3. The first-order chi connectivity index (χ1) is 10.3. The third-order valence-electron chi connectivity index (χ3n) is 2.93. The third-order valence-corrected chi connectivity index (χ3v) is 5.96. The molecule has 0 spiro atoms. The summed E-state index contributed by atoms with van der Waals surface area (Å²) in [6.45, 7) is 1.90. The van der Waals surface area contributed by atoms with Gasteiger partial charge in [0, 0.05) is 5.02 Å². The number of nitrogens with zero attached hydrogens (tertiary/aromatic N) is 1. The Morgan fingerprint density at radius 3 is 2.64 bits per heavy atom. The van der Waals surface area contributed by atoms with Crippen LogP contribution < -0.4 is 4.72 Å². The van der Waals surface area contributed by atoms with Crippen LogP contribution >= 0.6 is 34.5 Å². The molecule has 0 saturated carbocycles. The molecule has 114 valence electrons. The molecule has 0 radical (unpaired) electrons. The first kappa shape index (κ1) is 15.6. The molecule has 0 fully saturated rings. The molecule has 22 heavy (non-hydrogen) atoms. The van der Waals surface area contributed by atoms with E-state index in [-0.39, 0.29) is 9.92 Å². The Kier molecular flexibility index (Phi) is 4.03. The molecule has 0 bridgehead atoms. The fourth-order valence-corrected chi connectivity index (χ4v) is 4.70. The van der Waals surface area contributed by atoms with Crippen molar-refractivity contribution in [1.82, 2.24) is 4.98 Å². The van der Waals surface area contributed by atoms with Gasteiger partial charge >= 0.3 is 0 Å². The summed E-state index contributed by atoms with van der Waals surface area (Å²) in [5.41, 5.74) is 1.30. The highest BCUT2D eigenvalue weighted by atomic mass is 35.5. The van der Waals surface area contributed by atoms with Crippen LogP contribution in [-0.2, 0) is 10.0 Å². The van der Waals surface area contributed by atoms with Crippen molar-refractivity contribution in [3.05, 3.63) is 51.5 Å². The van der Waals surface area contributed by atoms with E-state index in [0.29, 0.717) is 10.7 Å².